The molecule has 0 aliphatic carbocycles. The van der Waals surface area contributed by atoms with E-state index in [0.717, 1.165) is 25.7 Å². The molecule has 4 atom stereocenters. The Kier molecular flexibility index (Phi) is 15.1. The van der Waals surface area contributed by atoms with Crippen molar-refractivity contribution in [3.05, 3.63) is 0 Å². The molecule has 0 radical (unpaired) electrons. The summed E-state index contributed by atoms with van der Waals surface area (Å²) in [7, 11) is 0. The first kappa shape index (κ1) is 25.7. The van der Waals surface area contributed by atoms with Crippen molar-refractivity contribution in [1.82, 2.24) is 0 Å². The van der Waals surface area contributed by atoms with Gasteiger partial charge in [-0.2, -0.15) is 0 Å². The van der Waals surface area contributed by atoms with Crippen LogP contribution < -0.4 is 0 Å². The van der Waals surface area contributed by atoms with Crippen LogP contribution in [0.5, 0.6) is 0 Å². The molecule has 0 fully saturated rings. The van der Waals surface area contributed by atoms with E-state index in [1.54, 1.807) is 0 Å². The van der Waals surface area contributed by atoms with Crippen LogP contribution in [0.4, 0.5) is 0 Å². The zero-order valence-electron chi connectivity index (χ0n) is 18.1. The summed E-state index contributed by atoms with van der Waals surface area (Å²) in [6.07, 6.45) is 4.36. The molecule has 0 aromatic carbocycles. The summed E-state index contributed by atoms with van der Waals surface area (Å²) in [5, 5.41) is 0. The Labute approximate surface area is 164 Å². The maximum atomic E-state index is 6.32. The molecule has 0 bridgehead atoms. The van der Waals surface area contributed by atoms with Gasteiger partial charge < -0.3 is 0 Å². The van der Waals surface area contributed by atoms with E-state index in [1.165, 1.54) is 0 Å². The molecule has 0 aliphatic heterocycles. The summed E-state index contributed by atoms with van der Waals surface area (Å²) >= 11 is -4.15. The molecule has 0 aromatic rings. The van der Waals surface area contributed by atoms with E-state index in [2.05, 4.69) is 55.4 Å². The van der Waals surface area contributed by atoms with Crippen LogP contribution in [0.2, 0.25) is 0 Å². The van der Waals surface area contributed by atoms with Gasteiger partial charge in [-0.05, 0) is 0 Å². The van der Waals surface area contributed by atoms with E-state index in [4.69, 9.17) is 11.4 Å². The SMILES string of the molecule is CCC(C)C[O][Hf]([O]CC(C)CC)([O]CC(C)CC)[O]CC(C)CC. The van der Waals surface area contributed by atoms with E-state index < -0.39 is 21.7 Å². The molecule has 25 heavy (non-hydrogen) atoms. The quantitative estimate of drug-likeness (QED) is 0.229. The zero-order chi connectivity index (χ0) is 19.3. The Hall–Kier alpha value is 0.710. The number of rotatable bonds is 16. The zero-order valence-corrected chi connectivity index (χ0v) is 21.7. The van der Waals surface area contributed by atoms with Crippen LogP contribution in [0.3, 0.4) is 0 Å². The minimum absolute atomic E-state index is 0.492. The van der Waals surface area contributed by atoms with Crippen molar-refractivity contribution in [2.24, 2.45) is 23.7 Å². The van der Waals surface area contributed by atoms with Crippen molar-refractivity contribution in [3.63, 3.8) is 0 Å². The Balaban J connectivity index is 5.11. The van der Waals surface area contributed by atoms with E-state index in [0.29, 0.717) is 50.1 Å². The van der Waals surface area contributed by atoms with Crippen LogP contribution in [-0.2, 0) is 33.1 Å². The van der Waals surface area contributed by atoms with Crippen LogP contribution >= 0.6 is 0 Å². The Morgan fingerprint density at radius 2 is 0.680 bits per heavy atom. The van der Waals surface area contributed by atoms with Crippen LogP contribution in [0.1, 0.15) is 81.1 Å². The fourth-order valence-corrected chi connectivity index (χ4v) is 10.5. The third kappa shape index (κ3) is 11.9. The maximum absolute atomic E-state index is 6.32. The van der Waals surface area contributed by atoms with Crippen molar-refractivity contribution < 1.29 is 33.1 Å². The van der Waals surface area contributed by atoms with Crippen molar-refractivity contribution in [2.75, 3.05) is 26.4 Å². The van der Waals surface area contributed by atoms with E-state index in [1.807, 2.05) is 0 Å². The van der Waals surface area contributed by atoms with Crippen LogP contribution in [-0.4, -0.2) is 26.4 Å². The van der Waals surface area contributed by atoms with Crippen LogP contribution in [0.15, 0.2) is 0 Å². The van der Waals surface area contributed by atoms with E-state index >= 15 is 0 Å². The summed E-state index contributed by atoms with van der Waals surface area (Å²) in [5.74, 6) is 1.97. The van der Waals surface area contributed by atoms with Gasteiger partial charge in [-0.15, -0.1) is 0 Å². The van der Waals surface area contributed by atoms with Crippen molar-refractivity contribution in [3.8, 4) is 0 Å². The number of hydrogen-bond acceptors (Lipinski definition) is 4. The molecule has 0 aliphatic rings. The van der Waals surface area contributed by atoms with Gasteiger partial charge in [0.25, 0.3) is 0 Å². The van der Waals surface area contributed by atoms with Gasteiger partial charge in [0.2, 0.25) is 0 Å². The second-order valence-corrected chi connectivity index (χ2v) is 15.5. The molecule has 0 N–H and O–H groups in total. The van der Waals surface area contributed by atoms with Gasteiger partial charge in [-0.25, -0.2) is 0 Å². The second kappa shape index (κ2) is 14.7. The molecule has 4 unspecified atom stereocenters. The third-order valence-corrected chi connectivity index (χ3v) is 12.4. The normalized spacial score (nSPS) is 19.2. The van der Waals surface area contributed by atoms with Crippen LogP contribution in [0, 0.1) is 23.7 Å². The van der Waals surface area contributed by atoms with Crippen molar-refractivity contribution in [2.45, 2.75) is 81.1 Å². The monoisotopic (exact) mass is 528 g/mol. The molecule has 4 nitrogen and oxygen atoms in total. The first-order chi connectivity index (χ1) is 11.8. The average molecular weight is 527 g/mol. The van der Waals surface area contributed by atoms with Crippen molar-refractivity contribution in [1.29, 1.82) is 0 Å². The topological polar surface area (TPSA) is 36.9 Å². The summed E-state index contributed by atoms with van der Waals surface area (Å²) < 4.78 is 25.3. The second-order valence-electron chi connectivity index (χ2n) is 7.80. The first-order valence-electron chi connectivity index (χ1n) is 10.4. The summed E-state index contributed by atoms with van der Waals surface area (Å²) in [6, 6.07) is 0. The summed E-state index contributed by atoms with van der Waals surface area (Å²) in [6.45, 7) is 20.2. The predicted octanol–water partition coefficient (Wildman–Crippen LogP) is 6.05. The number of hydrogen-bond donors (Lipinski definition) is 0. The standard InChI is InChI=1S/4C5H11O.Hf/c4*1-3-5(2)4-6;/h4*5H,3-4H2,1-2H3;/q4*-1;+4. The van der Waals surface area contributed by atoms with Crippen LogP contribution in [0.25, 0.3) is 0 Å². The van der Waals surface area contributed by atoms with E-state index in [-0.39, 0.29) is 0 Å². The molecule has 5 heteroatoms. The fourth-order valence-electron chi connectivity index (χ4n) is 1.70. The average Bonchev–Trinajstić information content (AvgIpc) is 2.65. The molecule has 152 valence electrons. The van der Waals surface area contributed by atoms with Gasteiger partial charge in [-0.1, -0.05) is 0 Å². The molecule has 0 heterocycles. The Morgan fingerprint density at radius 1 is 0.480 bits per heavy atom. The molecule has 0 saturated heterocycles. The minimum atomic E-state index is -4.15. The Bertz CT molecular complexity index is 253. The molecule has 0 rings (SSSR count). The molecular weight excluding hydrogens is 483 g/mol. The van der Waals surface area contributed by atoms with E-state index in [9.17, 15) is 0 Å². The fraction of sp³-hybridized carbons (Fsp3) is 1.00. The molecule has 0 spiro atoms. The molecule has 0 saturated carbocycles. The Morgan fingerprint density at radius 3 is 0.840 bits per heavy atom. The summed E-state index contributed by atoms with van der Waals surface area (Å²) in [4.78, 5) is 0. The molecular formula is C20H44HfO4. The van der Waals surface area contributed by atoms with Gasteiger partial charge >= 0.3 is 164 Å². The first-order valence-corrected chi connectivity index (χ1v) is 16.2. The molecule has 0 amide bonds. The third-order valence-electron chi connectivity index (χ3n) is 4.97. The van der Waals surface area contributed by atoms with Gasteiger partial charge in [0.1, 0.15) is 0 Å². The molecule has 0 aromatic heterocycles. The van der Waals surface area contributed by atoms with Gasteiger partial charge in [-0.3, -0.25) is 0 Å². The summed E-state index contributed by atoms with van der Waals surface area (Å²) in [5.41, 5.74) is 0. The predicted molar refractivity (Wildman–Crippen MR) is 102 cm³/mol. The van der Waals surface area contributed by atoms with Gasteiger partial charge in [0, 0.05) is 0 Å². The van der Waals surface area contributed by atoms with Gasteiger partial charge in [0.05, 0.1) is 0 Å². The van der Waals surface area contributed by atoms with Gasteiger partial charge in [0.15, 0.2) is 0 Å². The van der Waals surface area contributed by atoms with Crippen molar-refractivity contribution >= 4 is 0 Å².